The molecule has 2 fully saturated rings. The van der Waals surface area contributed by atoms with Crippen molar-refractivity contribution in [2.45, 2.75) is 43.5 Å². The molecule has 1 aliphatic heterocycles. The predicted molar refractivity (Wildman–Crippen MR) is 93.2 cm³/mol. The minimum atomic E-state index is -3.40. The molecule has 4 nitrogen and oxygen atoms in total. The normalized spacial score (nSPS) is 27.9. The first-order valence-electron chi connectivity index (χ1n) is 8.48. The van der Waals surface area contributed by atoms with Gasteiger partial charge in [0.25, 0.3) is 0 Å². The molecule has 1 aromatic rings. The largest absolute Gasteiger partial charge is 0.298 e. The van der Waals surface area contributed by atoms with Crippen LogP contribution in [0.5, 0.6) is 0 Å². The number of nitrogens with zero attached hydrogens (tertiary/aromatic N) is 2. The standard InChI is InChI=1S/C17H25ClN2O2S/c1-14-4-2-3-5-17(14)19-10-12-20(13-11-19)23(21,22)16-8-6-15(18)7-9-16/h6-9,14,17H,2-5,10-13H2,1H3/t14-,17-/m1/s1. The Labute approximate surface area is 144 Å². The van der Waals surface area contributed by atoms with Gasteiger partial charge in [-0.15, -0.1) is 0 Å². The van der Waals surface area contributed by atoms with Crippen molar-refractivity contribution in [3.8, 4) is 0 Å². The topological polar surface area (TPSA) is 40.6 Å². The summed E-state index contributed by atoms with van der Waals surface area (Å²) in [4.78, 5) is 2.83. The Morgan fingerprint density at radius 3 is 2.22 bits per heavy atom. The Balaban J connectivity index is 1.65. The molecule has 0 radical (unpaired) electrons. The summed E-state index contributed by atoms with van der Waals surface area (Å²) in [5.41, 5.74) is 0. The van der Waals surface area contributed by atoms with Gasteiger partial charge in [-0.1, -0.05) is 31.4 Å². The second-order valence-corrected chi connectivity index (χ2v) is 9.10. The minimum Gasteiger partial charge on any atom is -0.298 e. The Kier molecular flexibility index (Phi) is 5.31. The first-order chi connectivity index (χ1) is 11.0. The van der Waals surface area contributed by atoms with E-state index in [0.717, 1.165) is 19.0 Å². The Bertz CT molecular complexity index is 624. The van der Waals surface area contributed by atoms with Crippen molar-refractivity contribution < 1.29 is 8.42 Å². The van der Waals surface area contributed by atoms with Crippen LogP contribution in [0.15, 0.2) is 29.2 Å². The Hall–Kier alpha value is -0.620. The highest BCUT2D eigenvalue weighted by atomic mass is 35.5. The molecule has 0 aromatic heterocycles. The maximum Gasteiger partial charge on any atom is 0.243 e. The number of hydrogen-bond acceptors (Lipinski definition) is 3. The van der Waals surface area contributed by atoms with Gasteiger partial charge >= 0.3 is 0 Å². The zero-order chi connectivity index (χ0) is 16.4. The summed E-state index contributed by atoms with van der Waals surface area (Å²) >= 11 is 5.85. The van der Waals surface area contributed by atoms with E-state index >= 15 is 0 Å². The highest BCUT2D eigenvalue weighted by molar-refractivity contribution is 7.89. The molecule has 3 rings (SSSR count). The van der Waals surface area contributed by atoms with Gasteiger partial charge < -0.3 is 0 Å². The number of benzene rings is 1. The summed E-state index contributed by atoms with van der Waals surface area (Å²) in [6, 6.07) is 7.08. The maximum atomic E-state index is 12.7. The second kappa shape index (κ2) is 7.09. The van der Waals surface area contributed by atoms with E-state index in [2.05, 4.69) is 11.8 Å². The summed E-state index contributed by atoms with van der Waals surface area (Å²) in [6.07, 6.45) is 5.19. The van der Waals surface area contributed by atoms with E-state index in [-0.39, 0.29) is 0 Å². The third-order valence-corrected chi connectivity index (χ3v) is 7.42. The van der Waals surface area contributed by atoms with Gasteiger partial charge in [-0.05, 0) is 43.0 Å². The van der Waals surface area contributed by atoms with Crippen molar-refractivity contribution in [2.75, 3.05) is 26.2 Å². The lowest BCUT2D eigenvalue weighted by Crippen LogP contribution is -2.53. The summed E-state index contributed by atoms with van der Waals surface area (Å²) in [5, 5.41) is 0.556. The van der Waals surface area contributed by atoms with Crippen molar-refractivity contribution in [3.63, 3.8) is 0 Å². The molecule has 128 valence electrons. The lowest BCUT2D eigenvalue weighted by atomic mass is 9.84. The Morgan fingerprint density at radius 1 is 1.00 bits per heavy atom. The average Bonchev–Trinajstić information content (AvgIpc) is 2.56. The third-order valence-electron chi connectivity index (χ3n) is 5.26. The minimum absolute atomic E-state index is 0.335. The zero-order valence-electron chi connectivity index (χ0n) is 13.6. The van der Waals surface area contributed by atoms with Crippen LogP contribution < -0.4 is 0 Å². The van der Waals surface area contributed by atoms with Gasteiger partial charge in [-0.2, -0.15) is 4.31 Å². The number of rotatable bonds is 3. The van der Waals surface area contributed by atoms with E-state index in [1.54, 1.807) is 28.6 Å². The molecule has 2 atom stereocenters. The molecular formula is C17H25ClN2O2S. The van der Waals surface area contributed by atoms with Gasteiger partial charge in [0, 0.05) is 37.2 Å². The maximum absolute atomic E-state index is 12.7. The molecule has 0 amide bonds. The average molecular weight is 357 g/mol. The monoisotopic (exact) mass is 356 g/mol. The second-order valence-electron chi connectivity index (χ2n) is 6.72. The van der Waals surface area contributed by atoms with Gasteiger partial charge in [0.2, 0.25) is 10.0 Å². The van der Waals surface area contributed by atoms with Gasteiger partial charge in [-0.3, -0.25) is 4.90 Å². The predicted octanol–water partition coefficient (Wildman–Crippen LogP) is 3.23. The van der Waals surface area contributed by atoms with Crippen LogP contribution in [-0.2, 0) is 10.0 Å². The highest BCUT2D eigenvalue weighted by Gasteiger charge is 2.33. The molecule has 0 unspecified atom stereocenters. The fraction of sp³-hybridized carbons (Fsp3) is 0.647. The highest BCUT2D eigenvalue weighted by Crippen LogP contribution is 2.29. The molecule has 0 bridgehead atoms. The number of sulfonamides is 1. The van der Waals surface area contributed by atoms with Gasteiger partial charge in [0.1, 0.15) is 0 Å². The molecule has 0 N–H and O–H groups in total. The van der Waals surface area contributed by atoms with E-state index < -0.39 is 10.0 Å². The van der Waals surface area contributed by atoms with Crippen LogP contribution >= 0.6 is 11.6 Å². The van der Waals surface area contributed by atoms with Crippen LogP contribution in [0.1, 0.15) is 32.6 Å². The quantitative estimate of drug-likeness (QED) is 0.834. The molecular weight excluding hydrogens is 332 g/mol. The van der Waals surface area contributed by atoms with E-state index in [1.165, 1.54) is 25.7 Å². The zero-order valence-corrected chi connectivity index (χ0v) is 15.2. The van der Waals surface area contributed by atoms with Gasteiger partial charge in [0.15, 0.2) is 0 Å². The van der Waals surface area contributed by atoms with Crippen molar-refractivity contribution in [2.24, 2.45) is 5.92 Å². The molecule has 23 heavy (non-hydrogen) atoms. The summed E-state index contributed by atoms with van der Waals surface area (Å²) in [6.45, 7) is 5.16. The molecule has 1 saturated carbocycles. The fourth-order valence-electron chi connectivity index (χ4n) is 3.87. The lowest BCUT2D eigenvalue weighted by Gasteiger charge is -2.43. The first kappa shape index (κ1) is 17.2. The fourth-order valence-corrected chi connectivity index (χ4v) is 5.42. The van der Waals surface area contributed by atoms with E-state index in [9.17, 15) is 8.42 Å². The summed E-state index contributed by atoms with van der Waals surface area (Å²) in [5.74, 6) is 0.725. The molecule has 1 aromatic carbocycles. The smallest absolute Gasteiger partial charge is 0.243 e. The van der Waals surface area contributed by atoms with Gasteiger partial charge in [-0.25, -0.2) is 8.42 Å². The van der Waals surface area contributed by atoms with Crippen molar-refractivity contribution in [1.82, 2.24) is 9.21 Å². The van der Waals surface area contributed by atoms with Crippen LogP contribution in [0.2, 0.25) is 5.02 Å². The first-order valence-corrected chi connectivity index (χ1v) is 10.3. The molecule has 1 saturated heterocycles. The Morgan fingerprint density at radius 2 is 1.61 bits per heavy atom. The molecule has 0 spiro atoms. The number of piperazine rings is 1. The van der Waals surface area contributed by atoms with Crippen LogP contribution in [0.3, 0.4) is 0 Å². The number of hydrogen-bond donors (Lipinski definition) is 0. The van der Waals surface area contributed by atoms with E-state index in [0.29, 0.717) is 29.0 Å². The molecule has 6 heteroatoms. The molecule has 1 heterocycles. The van der Waals surface area contributed by atoms with Crippen LogP contribution in [0.4, 0.5) is 0 Å². The third kappa shape index (κ3) is 3.73. The molecule has 2 aliphatic rings. The van der Waals surface area contributed by atoms with Crippen LogP contribution in [-0.4, -0.2) is 49.8 Å². The van der Waals surface area contributed by atoms with Crippen LogP contribution in [0, 0.1) is 5.92 Å². The SMILES string of the molecule is C[C@@H]1CCCC[C@H]1N1CCN(S(=O)(=O)c2ccc(Cl)cc2)CC1. The van der Waals surface area contributed by atoms with Crippen LogP contribution in [0.25, 0.3) is 0 Å². The van der Waals surface area contributed by atoms with Gasteiger partial charge in [0.05, 0.1) is 4.90 Å². The van der Waals surface area contributed by atoms with E-state index in [1.807, 2.05) is 0 Å². The van der Waals surface area contributed by atoms with Crippen molar-refractivity contribution >= 4 is 21.6 Å². The summed E-state index contributed by atoms with van der Waals surface area (Å²) < 4.78 is 27.0. The summed E-state index contributed by atoms with van der Waals surface area (Å²) in [7, 11) is -3.40. The molecule has 1 aliphatic carbocycles. The number of halogens is 1. The lowest BCUT2D eigenvalue weighted by molar-refractivity contribution is 0.0786. The van der Waals surface area contributed by atoms with Crippen molar-refractivity contribution in [3.05, 3.63) is 29.3 Å². The van der Waals surface area contributed by atoms with Crippen molar-refractivity contribution in [1.29, 1.82) is 0 Å². The van der Waals surface area contributed by atoms with E-state index in [4.69, 9.17) is 11.6 Å².